The number of benzene rings is 1. The number of rotatable bonds is 6. The molecule has 6 nitrogen and oxygen atoms in total. The van der Waals surface area contributed by atoms with E-state index in [4.69, 9.17) is 5.73 Å². The summed E-state index contributed by atoms with van der Waals surface area (Å²) in [7, 11) is -0.486. The van der Waals surface area contributed by atoms with Crippen molar-refractivity contribution in [1.29, 1.82) is 0 Å². The van der Waals surface area contributed by atoms with E-state index >= 15 is 0 Å². The van der Waals surface area contributed by atoms with Gasteiger partial charge in [0.15, 0.2) is 0 Å². The Labute approximate surface area is 119 Å². The van der Waals surface area contributed by atoms with Crippen LogP contribution in [0.5, 0.6) is 0 Å². The second kappa shape index (κ2) is 5.59. The molecule has 0 saturated heterocycles. The van der Waals surface area contributed by atoms with E-state index in [0.717, 1.165) is 12.8 Å². The normalized spacial score (nSPS) is 15.6. The summed E-state index contributed by atoms with van der Waals surface area (Å²) in [5.74, 6) is 0. The summed E-state index contributed by atoms with van der Waals surface area (Å²) in [4.78, 5) is 2.21. The molecule has 0 aromatic heterocycles. The molecule has 0 bridgehead atoms. The van der Waals surface area contributed by atoms with Crippen LogP contribution in [0.15, 0.2) is 23.1 Å². The van der Waals surface area contributed by atoms with E-state index in [1.807, 2.05) is 4.90 Å². The summed E-state index contributed by atoms with van der Waals surface area (Å²) >= 11 is 0. The van der Waals surface area contributed by atoms with Crippen LogP contribution in [0.4, 0.5) is 11.4 Å². The summed E-state index contributed by atoms with van der Waals surface area (Å²) in [5.41, 5.74) is 7.19. The predicted molar refractivity (Wildman–Crippen MR) is 79.2 cm³/mol. The van der Waals surface area contributed by atoms with Gasteiger partial charge in [-0.2, -0.15) is 0 Å². The summed E-state index contributed by atoms with van der Waals surface area (Å²) in [5, 5.41) is 9.17. The molecule has 1 aliphatic rings. The van der Waals surface area contributed by atoms with Crippen LogP contribution >= 0.6 is 0 Å². The van der Waals surface area contributed by atoms with Gasteiger partial charge in [-0.05, 0) is 31.0 Å². The molecule has 2 rings (SSSR count). The van der Waals surface area contributed by atoms with E-state index in [1.54, 1.807) is 12.1 Å². The fourth-order valence-corrected chi connectivity index (χ4v) is 3.06. The van der Waals surface area contributed by atoms with Gasteiger partial charge in [0.1, 0.15) is 0 Å². The lowest BCUT2D eigenvalue weighted by Gasteiger charge is -2.26. The monoisotopic (exact) mass is 299 g/mol. The molecule has 1 aromatic carbocycles. The lowest BCUT2D eigenvalue weighted by Crippen LogP contribution is -2.30. The third kappa shape index (κ3) is 2.89. The van der Waals surface area contributed by atoms with Crippen molar-refractivity contribution < 1.29 is 13.5 Å². The summed E-state index contributed by atoms with van der Waals surface area (Å²) in [6.45, 7) is 0.473. The van der Waals surface area contributed by atoms with Gasteiger partial charge in [-0.1, -0.05) is 0 Å². The highest BCUT2D eigenvalue weighted by Gasteiger charge is 2.30. The third-order valence-corrected chi connectivity index (χ3v) is 5.23. The molecule has 0 radical (unpaired) electrons. The minimum atomic E-state index is -3.48. The highest BCUT2D eigenvalue weighted by Crippen LogP contribution is 2.36. The summed E-state index contributed by atoms with van der Waals surface area (Å²) < 4.78 is 25.5. The van der Waals surface area contributed by atoms with E-state index in [1.165, 1.54) is 24.5 Å². The molecule has 112 valence electrons. The zero-order valence-electron chi connectivity index (χ0n) is 11.8. The number of nitrogens with zero attached hydrogens (tertiary/aromatic N) is 2. The van der Waals surface area contributed by atoms with Gasteiger partial charge in [-0.25, -0.2) is 12.7 Å². The molecule has 0 atom stereocenters. The zero-order valence-corrected chi connectivity index (χ0v) is 12.6. The first-order valence-electron chi connectivity index (χ1n) is 6.57. The third-order valence-electron chi connectivity index (χ3n) is 3.42. The van der Waals surface area contributed by atoms with Gasteiger partial charge in [-0.15, -0.1) is 0 Å². The molecule has 0 amide bonds. The highest BCUT2D eigenvalue weighted by atomic mass is 32.2. The van der Waals surface area contributed by atoms with E-state index in [2.05, 4.69) is 0 Å². The van der Waals surface area contributed by atoms with Crippen molar-refractivity contribution in [3.05, 3.63) is 18.2 Å². The van der Waals surface area contributed by atoms with Crippen LogP contribution in [0.3, 0.4) is 0 Å². The topological polar surface area (TPSA) is 86.9 Å². The maximum Gasteiger partial charge on any atom is 0.242 e. The Kier molecular flexibility index (Phi) is 4.22. The second-order valence-electron chi connectivity index (χ2n) is 5.16. The number of anilines is 2. The number of sulfonamides is 1. The van der Waals surface area contributed by atoms with Gasteiger partial charge in [0, 0.05) is 26.7 Å². The van der Waals surface area contributed by atoms with Crippen molar-refractivity contribution in [3.8, 4) is 0 Å². The molecule has 1 aromatic rings. The van der Waals surface area contributed by atoms with Gasteiger partial charge < -0.3 is 15.7 Å². The number of hydrogen-bond donors (Lipinski definition) is 2. The maximum atomic E-state index is 12.2. The molecule has 7 heteroatoms. The minimum Gasteiger partial charge on any atom is -0.397 e. The van der Waals surface area contributed by atoms with E-state index in [0.29, 0.717) is 24.0 Å². The van der Waals surface area contributed by atoms with E-state index < -0.39 is 10.0 Å². The SMILES string of the molecule is CN(C)S(=O)(=O)c1ccc(N)c(N(CCO)C2CC2)c1. The summed E-state index contributed by atoms with van der Waals surface area (Å²) in [6, 6.07) is 5.07. The first kappa shape index (κ1) is 15.1. The Morgan fingerprint density at radius 1 is 1.35 bits per heavy atom. The van der Waals surface area contributed by atoms with Crippen LogP contribution in [0.1, 0.15) is 12.8 Å². The molecular weight excluding hydrogens is 278 g/mol. The molecule has 3 N–H and O–H groups in total. The number of nitrogen functional groups attached to an aromatic ring is 1. The van der Waals surface area contributed by atoms with Crippen LogP contribution in [0.2, 0.25) is 0 Å². The zero-order chi connectivity index (χ0) is 14.9. The van der Waals surface area contributed by atoms with Crippen molar-refractivity contribution in [2.24, 2.45) is 0 Å². The largest absolute Gasteiger partial charge is 0.397 e. The number of hydrogen-bond acceptors (Lipinski definition) is 5. The second-order valence-corrected chi connectivity index (χ2v) is 7.31. The van der Waals surface area contributed by atoms with Crippen molar-refractivity contribution >= 4 is 21.4 Å². The van der Waals surface area contributed by atoms with Crippen molar-refractivity contribution in [1.82, 2.24) is 4.31 Å². The van der Waals surface area contributed by atoms with Gasteiger partial charge in [-0.3, -0.25) is 0 Å². The molecular formula is C13H21N3O3S. The first-order chi connectivity index (χ1) is 9.37. The lowest BCUT2D eigenvalue weighted by atomic mass is 10.2. The number of nitrogens with two attached hydrogens (primary N) is 1. The van der Waals surface area contributed by atoms with Crippen LogP contribution in [-0.4, -0.2) is 51.1 Å². The van der Waals surface area contributed by atoms with Crippen molar-refractivity contribution in [2.75, 3.05) is 37.9 Å². The fourth-order valence-electron chi connectivity index (χ4n) is 2.14. The molecule has 1 aliphatic carbocycles. The highest BCUT2D eigenvalue weighted by molar-refractivity contribution is 7.89. The van der Waals surface area contributed by atoms with E-state index in [-0.39, 0.29) is 11.5 Å². The fraction of sp³-hybridized carbons (Fsp3) is 0.538. The predicted octanol–water partition coefficient (Wildman–Crippen LogP) is 0.480. The standard InChI is InChI=1S/C13H21N3O3S/c1-15(2)20(18,19)11-5-6-12(14)13(9-11)16(7-8-17)10-3-4-10/h5-6,9-10,17H,3-4,7-8,14H2,1-2H3. The number of aliphatic hydroxyl groups is 1. The Hall–Kier alpha value is -1.31. The van der Waals surface area contributed by atoms with Gasteiger partial charge in [0.05, 0.1) is 22.9 Å². The Morgan fingerprint density at radius 3 is 2.50 bits per heavy atom. The molecule has 0 aliphatic heterocycles. The first-order valence-corrected chi connectivity index (χ1v) is 8.01. The molecule has 1 fully saturated rings. The number of aliphatic hydroxyl groups excluding tert-OH is 1. The van der Waals surface area contributed by atoms with Crippen LogP contribution in [0.25, 0.3) is 0 Å². The lowest BCUT2D eigenvalue weighted by molar-refractivity contribution is 0.301. The van der Waals surface area contributed by atoms with Crippen molar-refractivity contribution in [3.63, 3.8) is 0 Å². The van der Waals surface area contributed by atoms with Gasteiger partial charge in [0.25, 0.3) is 0 Å². The summed E-state index contributed by atoms with van der Waals surface area (Å²) in [6.07, 6.45) is 2.09. The van der Waals surface area contributed by atoms with Gasteiger partial charge >= 0.3 is 0 Å². The smallest absolute Gasteiger partial charge is 0.242 e. The van der Waals surface area contributed by atoms with Crippen LogP contribution in [0, 0.1) is 0 Å². The molecule has 20 heavy (non-hydrogen) atoms. The Bertz CT molecular complexity index is 583. The average molecular weight is 299 g/mol. The van der Waals surface area contributed by atoms with Crippen molar-refractivity contribution in [2.45, 2.75) is 23.8 Å². The molecule has 0 unspecified atom stereocenters. The van der Waals surface area contributed by atoms with Crippen LogP contribution in [-0.2, 0) is 10.0 Å². The van der Waals surface area contributed by atoms with E-state index in [9.17, 15) is 13.5 Å². The van der Waals surface area contributed by atoms with Gasteiger partial charge in [0.2, 0.25) is 10.0 Å². The maximum absolute atomic E-state index is 12.2. The van der Waals surface area contributed by atoms with Crippen LogP contribution < -0.4 is 10.6 Å². The Morgan fingerprint density at radius 2 is 2.00 bits per heavy atom. The molecule has 1 saturated carbocycles. The Balaban J connectivity index is 2.43. The minimum absolute atomic E-state index is 0.0145. The molecule has 0 heterocycles. The quantitative estimate of drug-likeness (QED) is 0.746. The average Bonchev–Trinajstić information content (AvgIpc) is 3.20. The molecule has 0 spiro atoms.